The standard InChI is InChI=1S/C18H25N3O3S2/c22-16(11-25-12-4-1-2-5-12)21-8-7-13-15(10-21)26-18(19-13)20-17(23)14-6-3-9-24-14/h12,14H,1-11H2,(H,19,20,23). The maximum Gasteiger partial charge on any atom is 0.255 e. The first-order chi connectivity index (χ1) is 12.7. The Bertz CT molecular complexity index is 667. The fourth-order valence-electron chi connectivity index (χ4n) is 3.77. The number of anilines is 1. The molecule has 3 heterocycles. The van der Waals surface area contributed by atoms with E-state index < -0.39 is 0 Å². The van der Waals surface area contributed by atoms with Gasteiger partial charge in [-0.25, -0.2) is 4.98 Å². The van der Waals surface area contributed by atoms with Crippen molar-refractivity contribution in [3.8, 4) is 0 Å². The van der Waals surface area contributed by atoms with Crippen molar-refractivity contribution in [2.24, 2.45) is 0 Å². The van der Waals surface area contributed by atoms with Crippen molar-refractivity contribution >= 4 is 40.0 Å². The van der Waals surface area contributed by atoms with Gasteiger partial charge < -0.3 is 9.64 Å². The Morgan fingerprint density at radius 1 is 1.27 bits per heavy atom. The molecule has 1 N–H and O–H groups in total. The summed E-state index contributed by atoms with van der Waals surface area (Å²) in [5.74, 6) is 0.710. The van der Waals surface area contributed by atoms with Crippen LogP contribution >= 0.6 is 23.1 Å². The summed E-state index contributed by atoms with van der Waals surface area (Å²) in [5.41, 5.74) is 1.02. The molecule has 4 rings (SSSR count). The van der Waals surface area contributed by atoms with Gasteiger partial charge in [-0.3, -0.25) is 14.9 Å². The van der Waals surface area contributed by atoms with E-state index >= 15 is 0 Å². The third kappa shape index (κ3) is 4.23. The smallest absolute Gasteiger partial charge is 0.255 e. The highest BCUT2D eigenvalue weighted by atomic mass is 32.2. The zero-order chi connectivity index (χ0) is 17.9. The minimum absolute atomic E-state index is 0.102. The van der Waals surface area contributed by atoms with Crippen molar-refractivity contribution in [2.75, 3.05) is 24.2 Å². The van der Waals surface area contributed by atoms with Gasteiger partial charge >= 0.3 is 0 Å². The van der Waals surface area contributed by atoms with Gasteiger partial charge in [-0.2, -0.15) is 0 Å². The van der Waals surface area contributed by atoms with Crippen LogP contribution in [0.5, 0.6) is 0 Å². The molecule has 3 aliphatic rings. The first-order valence-electron chi connectivity index (χ1n) is 9.49. The lowest BCUT2D eigenvalue weighted by molar-refractivity contribution is -0.129. The van der Waals surface area contributed by atoms with Crippen LogP contribution in [-0.2, 0) is 27.3 Å². The monoisotopic (exact) mass is 395 g/mol. The first-order valence-corrected chi connectivity index (χ1v) is 11.4. The lowest BCUT2D eigenvalue weighted by Gasteiger charge is -2.26. The van der Waals surface area contributed by atoms with Crippen LogP contribution in [0.4, 0.5) is 5.13 Å². The van der Waals surface area contributed by atoms with Crippen LogP contribution in [0, 0.1) is 0 Å². The third-order valence-electron chi connectivity index (χ3n) is 5.28. The van der Waals surface area contributed by atoms with E-state index in [2.05, 4.69) is 10.3 Å². The number of carbonyl (C=O) groups excluding carboxylic acids is 2. The highest BCUT2D eigenvalue weighted by Gasteiger charge is 2.28. The lowest BCUT2D eigenvalue weighted by Crippen LogP contribution is -2.36. The number of ether oxygens (including phenoxy) is 1. The summed E-state index contributed by atoms with van der Waals surface area (Å²) in [4.78, 5) is 32.3. The zero-order valence-electron chi connectivity index (χ0n) is 14.9. The number of thiazole rings is 1. The number of hydrogen-bond acceptors (Lipinski definition) is 6. The van der Waals surface area contributed by atoms with Crippen molar-refractivity contribution < 1.29 is 14.3 Å². The van der Waals surface area contributed by atoms with E-state index in [0.717, 1.165) is 36.4 Å². The number of hydrogen-bond donors (Lipinski definition) is 1. The first kappa shape index (κ1) is 18.3. The van der Waals surface area contributed by atoms with Gasteiger partial charge in [0.05, 0.1) is 18.0 Å². The normalized spacial score (nSPS) is 23.2. The molecule has 1 saturated carbocycles. The Labute approximate surface area is 162 Å². The van der Waals surface area contributed by atoms with E-state index in [4.69, 9.17) is 4.74 Å². The molecule has 0 bridgehead atoms. The molecule has 1 aliphatic carbocycles. The molecule has 8 heteroatoms. The molecule has 0 radical (unpaired) electrons. The maximum atomic E-state index is 12.5. The fourth-order valence-corrected chi connectivity index (χ4v) is 6.02. The van der Waals surface area contributed by atoms with E-state index in [0.29, 0.717) is 29.3 Å². The lowest BCUT2D eigenvalue weighted by atomic mass is 10.2. The predicted molar refractivity (Wildman–Crippen MR) is 104 cm³/mol. The van der Waals surface area contributed by atoms with Crippen molar-refractivity contribution in [1.82, 2.24) is 9.88 Å². The number of thioether (sulfide) groups is 1. The van der Waals surface area contributed by atoms with Crippen LogP contribution in [0.1, 0.15) is 49.1 Å². The van der Waals surface area contributed by atoms with Gasteiger partial charge in [-0.1, -0.05) is 24.2 Å². The topological polar surface area (TPSA) is 71.5 Å². The zero-order valence-corrected chi connectivity index (χ0v) is 16.5. The summed E-state index contributed by atoms with van der Waals surface area (Å²) in [5, 5.41) is 4.18. The fraction of sp³-hybridized carbons (Fsp3) is 0.722. The quantitative estimate of drug-likeness (QED) is 0.830. The molecule has 0 spiro atoms. The van der Waals surface area contributed by atoms with Crippen molar-refractivity contribution in [1.29, 1.82) is 0 Å². The summed E-state index contributed by atoms with van der Waals surface area (Å²) in [7, 11) is 0. The Balaban J connectivity index is 1.31. The molecule has 0 aromatic carbocycles. The molecule has 1 aromatic heterocycles. The number of rotatable bonds is 5. The van der Waals surface area contributed by atoms with E-state index in [1.807, 2.05) is 16.7 Å². The van der Waals surface area contributed by atoms with Gasteiger partial charge in [0.1, 0.15) is 6.10 Å². The minimum Gasteiger partial charge on any atom is -0.368 e. The minimum atomic E-state index is -0.346. The average Bonchev–Trinajstić information content (AvgIpc) is 3.39. The molecule has 1 unspecified atom stereocenters. The largest absolute Gasteiger partial charge is 0.368 e. The highest BCUT2D eigenvalue weighted by Crippen LogP contribution is 2.31. The number of carbonyl (C=O) groups is 2. The summed E-state index contributed by atoms with van der Waals surface area (Å²) in [6.07, 6.45) is 7.25. The maximum absolute atomic E-state index is 12.5. The molecule has 2 aliphatic heterocycles. The Hall–Kier alpha value is -1.12. The number of nitrogens with one attached hydrogen (secondary N) is 1. The summed E-state index contributed by atoms with van der Waals surface area (Å²) >= 11 is 3.31. The summed E-state index contributed by atoms with van der Waals surface area (Å²) < 4.78 is 5.42. The van der Waals surface area contributed by atoms with Gasteiger partial charge in [0, 0.05) is 29.7 Å². The molecule has 2 amide bonds. The molecule has 2 fully saturated rings. The summed E-state index contributed by atoms with van der Waals surface area (Å²) in [6.45, 7) is 2.00. The van der Waals surface area contributed by atoms with Gasteiger partial charge in [0.25, 0.3) is 5.91 Å². The van der Waals surface area contributed by atoms with Gasteiger partial charge in [0.15, 0.2) is 5.13 Å². The second-order valence-electron chi connectivity index (χ2n) is 7.16. The van der Waals surface area contributed by atoms with E-state index in [-0.39, 0.29) is 17.9 Å². The van der Waals surface area contributed by atoms with Crippen molar-refractivity contribution in [3.63, 3.8) is 0 Å². The third-order valence-corrected chi connectivity index (χ3v) is 7.64. The second-order valence-corrected chi connectivity index (χ2v) is 9.53. The van der Waals surface area contributed by atoms with Crippen LogP contribution in [0.25, 0.3) is 0 Å². The van der Waals surface area contributed by atoms with E-state index in [1.54, 1.807) is 0 Å². The predicted octanol–water partition coefficient (Wildman–Crippen LogP) is 2.82. The molecule has 26 heavy (non-hydrogen) atoms. The molecule has 1 saturated heterocycles. The highest BCUT2D eigenvalue weighted by molar-refractivity contribution is 8.00. The van der Waals surface area contributed by atoms with Crippen LogP contribution in [0.15, 0.2) is 0 Å². The molecular formula is C18H25N3O3S2. The average molecular weight is 396 g/mol. The van der Waals surface area contributed by atoms with E-state index in [9.17, 15) is 9.59 Å². The summed E-state index contributed by atoms with van der Waals surface area (Å²) in [6, 6.07) is 0. The molecule has 1 atom stereocenters. The van der Waals surface area contributed by atoms with Gasteiger partial charge in [-0.15, -0.1) is 11.8 Å². The van der Waals surface area contributed by atoms with Gasteiger partial charge in [0.2, 0.25) is 5.91 Å². The SMILES string of the molecule is O=C(Nc1nc2c(s1)CN(C(=O)CSC1CCCC1)CC2)C1CCCO1. The van der Waals surface area contributed by atoms with E-state index in [1.165, 1.54) is 37.0 Å². The van der Waals surface area contributed by atoms with Crippen LogP contribution in [0.3, 0.4) is 0 Å². The molecule has 1 aromatic rings. The number of amides is 2. The molecule has 6 nitrogen and oxygen atoms in total. The molecule has 142 valence electrons. The van der Waals surface area contributed by atoms with Crippen molar-refractivity contribution in [2.45, 2.75) is 62.8 Å². The number of aromatic nitrogens is 1. The second kappa shape index (κ2) is 8.27. The Kier molecular flexibility index (Phi) is 5.81. The number of fused-ring (bicyclic) bond motifs is 1. The van der Waals surface area contributed by atoms with Crippen molar-refractivity contribution in [3.05, 3.63) is 10.6 Å². The van der Waals surface area contributed by atoms with Crippen LogP contribution < -0.4 is 5.32 Å². The number of nitrogens with zero attached hydrogens (tertiary/aromatic N) is 2. The van der Waals surface area contributed by atoms with Gasteiger partial charge in [-0.05, 0) is 25.7 Å². The molecular weight excluding hydrogens is 370 g/mol. The van der Waals surface area contributed by atoms with Crippen LogP contribution in [0.2, 0.25) is 0 Å². The van der Waals surface area contributed by atoms with Crippen LogP contribution in [-0.4, -0.2) is 52.0 Å². The Morgan fingerprint density at radius 2 is 2.12 bits per heavy atom. The Morgan fingerprint density at radius 3 is 2.88 bits per heavy atom.